The van der Waals surface area contributed by atoms with Gasteiger partial charge >= 0.3 is 0 Å². The normalized spacial score (nSPS) is 12.0. The molecule has 296 valence electrons. The molecule has 0 saturated carbocycles. The van der Waals surface area contributed by atoms with E-state index in [4.69, 9.17) is 4.43 Å². The number of rotatable bonds is 44. The van der Waals surface area contributed by atoms with Gasteiger partial charge in [-0.15, -0.1) is 0 Å². The Kier molecular flexibility index (Phi) is 42.7. The zero-order chi connectivity index (χ0) is 35.6. The van der Waals surface area contributed by atoms with Crippen LogP contribution in [0.2, 0.25) is 18.1 Å². The van der Waals surface area contributed by atoms with Gasteiger partial charge in [0.1, 0.15) is 0 Å². The van der Waals surface area contributed by atoms with Gasteiger partial charge in [0, 0.05) is 6.61 Å². The summed E-state index contributed by atoms with van der Waals surface area (Å²) in [5, 5.41) is 0. The molecule has 0 fully saturated rings. The minimum Gasteiger partial charge on any atom is -0.417 e. The lowest BCUT2D eigenvalue weighted by molar-refractivity contribution is 0.313. The maximum atomic E-state index is 6.89. The number of unbranched alkanes of at least 4 members (excludes halogenated alkanes) is 36. The van der Waals surface area contributed by atoms with Gasteiger partial charge in [-0.3, -0.25) is 0 Å². The Balaban J connectivity index is 4.33. The molecule has 0 atom stereocenters. The van der Waals surface area contributed by atoms with Crippen molar-refractivity contribution in [1.29, 1.82) is 0 Å². The van der Waals surface area contributed by atoms with Gasteiger partial charge in [-0.25, -0.2) is 0 Å². The summed E-state index contributed by atoms with van der Waals surface area (Å²) in [6.07, 6.45) is 56.8. The summed E-state index contributed by atoms with van der Waals surface area (Å²) in [6.45, 7) is 10.2. The van der Waals surface area contributed by atoms with Gasteiger partial charge in [0.2, 0.25) is 0 Å². The van der Waals surface area contributed by atoms with Crippen molar-refractivity contribution in [2.24, 2.45) is 0 Å². The number of hydrogen-bond donors (Lipinski definition) is 0. The van der Waals surface area contributed by atoms with Crippen LogP contribution in [0.1, 0.15) is 278 Å². The highest BCUT2D eigenvalue weighted by Gasteiger charge is 2.32. The van der Waals surface area contributed by atoms with Crippen molar-refractivity contribution in [2.45, 2.75) is 296 Å². The van der Waals surface area contributed by atoms with E-state index in [1.54, 1.807) is 0 Å². The fourth-order valence-electron chi connectivity index (χ4n) is 8.29. The first kappa shape index (κ1) is 49.2. The second-order valence-electron chi connectivity index (χ2n) is 16.6. The van der Waals surface area contributed by atoms with E-state index in [1.807, 2.05) is 0 Å². The molecule has 1 nitrogen and oxygen atoms in total. The molecule has 0 radical (unpaired) electrons. The van der Waals surface area contributed by atoms with Crippen LogP contribution in [0.4, 0.5) is 0 Å². The van der Waals surface area contributed by atoms with E-state index in [0.29, 0.717) is 0 Å². The van der Waals surface area contributed by atoms with E-state index in [-0.39, 0.29) is 0 Å². The van der Waals surface area contributed by atoms with Gasteiger partial charge in [-0.2, -0.15) is 0 Å². The van der Waals surface area contributed by atoms with Crippen molar-refractivity contribution in [3.63, 3.8) is 0 Å². The molecule has 0 rings (SSSR count). The molecule has 0 saturated heterocycles. The minimum atomic E-state index is -1.60. The fraction of sp³-hybridized carbons (Fsp3) is 1.00. The van der Waals surface area contributed by atoms with Crippen molar-refractivity contribution in [3.05, 3.63) is 0 Å². The predicted octanol–water partition coefficient (Wildman–Crippen LogP) is 18.2. The maximum absolute atomic E-state index is 6.89. The van der Waals surface area contributed by atoms with Crippen molar-refractivity contribution in [2.75, 3.05) is 6.61 Å². The van der Waals surface area contributed by atoms with Crippen LogP contribution in [0.5, 0.6) is 0 Å². The molecule has 0 bridgehead atoms. The van der Waals surface area contributed by atoms with Crippen LogP contribution in [0.3, 0.4) is 0 Å². The van der Waals surface area contributed by atoms with Crippen LogP contribution in [-0.2, 0) is 4.43 Å². The third kappa shape index (κ3) is 37.7. The van der Waals surface area contributed by atoms with Crippen LogP contribution in [-0.4, -0.2) is 14.9 Å². The van der Waals surface area contributed by atoms with Crippen LogP contribution in [0.15, 0.2) is 0 Å². The maximum Gasteiger partial charge on any atom is 0.192 e. The van der Waals surface area contributed by atoms with Gasteiger partial charge < -0.3 is 4.43 Å². The molecule has 0 unspecified atom stereocenters. The van der Waals surface area contributed by atoms with Crippen LogP contribution in [0.25, 0.3) is 0 Å². The first-order valence-electron chi connectivity index (χ1n) is 23.9. The molecular weight excluding hydrogens is 609 g/mol. The Morgan fingerprint density at radius 2 is 0.388 bits per heavy atom. The summed E-state index contributed by atoms with van der Waals surface area (Å²) in [5.74, 6) is 0. The van der Waals surface area contributed by atoms with Gasteiger partial charge in [-0.1, -0.05) is 271 Å². The fourth-order valence-corrected chi connectivity index (χ4v) is 12.8. The second-order valence-corrected chi connectivity index (χ2v) is 20.7. The average molecular weight is 707 g/mol. The summed E-state index contributed by atoms with van der Waals surface area (Å²) in [7, 11) is -1.60. The Hall–Kier alpha value is 0.177. The second kappa shape index (κ2) is 42.6. The van der Waals surface area contributed by atoms with Crippen molar-refractivity contribution >= 4 is 8.32 Å². The molecule has 0 spiro atoms. The molecule has 0 aliphatic heterocycles. The topological polar surface area (TPSA) is 9.23 Å². The Morgan fingerprint density at radius 1 is 0.224 bits per heavy atom. The first-order valence-corrected chi connectivity index (χ1v) is 26.4. The average Bonchev–Trinajstić information content (AvgIpc) is 3.11. The Bertz CT molecular complexity index is 502. The standard InChI is InChI=1S/C47H98OSi/c1-5-9-12-15-18-21-24-27-30-33-36-39-42-45-49(48-8-4,46-43-40-37-34-31-28-25-22-19-16-13-10-6-2)47-44-41-38-35-32-29-26-23-20-17-14-11-7-3/h5-47H2,1-4H3. The van der Waals surface area contributed by atoms with E-state index in [1.165, 1.54) is 269 Å². The van der Waals surface area contributed by atoms with Crippen LogP contribution < -0.4 is 0 Å². The van der Waals surface area contributed by atoms with Crippen molar-refractivity contribution in [3.8, 4) is 0 Å². The van der Waals surface area contributed by atoms with Gasteiger partial charge in [0.05, 0.1) is 0 Å². The molecule has 2 heteroatoms. The highest BCUT2D eigenvalue weighted by atomic mass is 28.4. The van der Waals surface area contributed by atoms with E-state index in [9.17, 15) is 0 Å². The zero-order valence-electron chi connectivity index (χ0n) is 35.3. The lowest BCUT2D eigenvalue weighted by atomic mass is 10.0. The monoisotopic (exact) mass is 707 g/mol. The van der Waals surface area contributed by atoms with E-state index < -0.39 is 8.32 Å². The summed E-state index contributed by atoms with van der Waals surface area (Å²) in [6, 6.07) is 4.36. The predicted molar refractivity (Wildman–Crippen MR) is 229 cm³/mol. The lowest BCUT2D eigenvalue weighted by Gasteiger charge is -2.32. The highest BCUT2D eigenvalue weighted by molar-refractivity contribution is 6.73. The summed E-state index contributed by atoms with van der Waals surface area (Å²) in [5.41, 5.74) is 0. The smallest absolute Gasteiger partial charge is 0.192 e. The summed E-state index contributed by atoms with van der Waals surface area (Å²) >= 11 is 0. The molecule has 49 heavy (non-hydrogen) atoms. The van der Waals surface area contributed by atoms with E-state index in [0.717, 1.165) is 6.61 Å². The quantitative estimate of drug-likeness (QED) is 0.0453. The summed E-state index contributed by atoms with van der Waals surface area (Å²) in [4.78, 5) is 0. The van der Waals surface area contributed by atoms with E-state index >= 15 is 0 Å². The summed E-state index contributed by atoms with van der Waals surface area (Å²) < 4.78 is 6.89. The van der Waals surface area contributed by atoms with Crippen LogP contribution >= 0.6 is 0 Å². The van der Waals surface area contributed by atoms with Crippen molar-refractivity contribution in [1.82, 2.24) is 0 Å². The molecule has 0 aromatic rings. The number of hydrogen-bond acceptors (Lipinski definition) is 1. The highest BCUT2D eigenvalue weighted by Crippen LogP contribution is 2.31. The molecular formula is C47H98OSi. The Morgan fingerprint density at radius 3 is 0.551 bits per heavy atom. The van der Waals surface area contributed by atoms with Gasteiger partial charge in [-0.05, 0) is 25.1 Å². The molecule has 0 N–H and O–H groups in total. The molecule has 0 amide bonds. The van der Waals surface area contributed by atoms with Crippen molar-refractivity contribution < 1.29 is 4.43 Å². The third-order valence-corrected chi connectivity index (χ3v) is 16.4. The largest absolute Gasteiger partial charge is 0.417 e. The first-order chi connectivity index (χ1) is 24.2. The molecule has 0 aliphatic rings. The third-order valence-electron chi connectivity index (χ3n) is 11.7. The van der Waals surface area contributed by atoms with E-state index in [2.05, 4.69) is 27.7 Å². The Labute approximate surface area is 314 Å². The minimum absolute atomic E-state index is 0.960. The zero-order valence-corrected chi connectivity index (χ0v) is 36.3. The molecule has 0 aromatic heterocycles. The lowest BCUT2D eigenvalue weighted by Crippen LogP contribution is -2.38. The molecule has 0 aliphatic carbocycles. The van der Waals surface area contributed by atoms with Crippen LogP contribution in [0, 0.1) is 0 Å². The SMILES string of the molecule is CCCCCCCCCCCCCCC[Si](CCCCCCCCCCCCCCC)(CCCCCCCCCCCCCCC)OCC. The van der Waals surface area contributed by atoms with Gasteiger partial charge in [0.15, 0.2) is 8.32 Å². The molecule has 0 aromatic carbocycles. The molecule has 0 heterocycles. The van der Waals surface area contributed by atoms with Gasteiger partial charge in [0.25, 0.3) is 0 Å².